The molecule has 0 amide bonds. The van der Waals surface area contributed by atoms with E-state index in [9.17, 15) is 0 Å². The molecular formula is C13H20BrClN4. The second-order valence-corrected chi connectivity index (χ2v) is 5.25. The summed E-state index contributed by atoms with van der Waals surface area (Å²) in [5.74, 6) is 0.683. The first kappa shape index (κ1) is 16.1. The molecule has 0 heterocycles. The Hall–Kier alpha value is -0.940. The van der Waals surface area contributed by atoms with Crippen molar-refractivity contribution in [2.45, 2.75) is 19.8 Å². The maximum Gasteiger partial charge on any atom is 0.195 e. The SMILES string of the molecule is CCCCNc1cc(Cl)c(Br)c(NC(=NC)NC)c1. The lowest BCUT2D eigenvalue weighted by Crippen LogP contribution is -2.27. The highest BCUT2D eigenvalue weighted by atomic mass is 79.9. The number of benzene rings is 1. The number of halogens is 2. The van der Waals surface area contributed by atoms with Gasteiger partial charge in [-0.25, -0.2) is 0 Å². The number of hydrogen-bond acceptors (Lipinski definition) is 2. The number of guanidine groups is 1. The molecule has 106 valence electrons. The minimum atomic E-state index is 0.663. The molecule has 0 atom stereocenters. The third kappa shape index (κ3) is 4.91. The van der Waals surface area contributed by atoms with Gasteiger partial charge in [-0.15, -0.1) is 0 Å². The van der Waals surface area contributed by atoms with E-state index in [0.29, 0.717) is 11.0 Å². The molecule has 0 aliphatic carbocycles. The molecule has 1 aromatic rings. The average Bonchev–Trinajstić information content (AvgIpc) is 2.41. The third-order valence-electron chi connectivity index (χ3n) is 2.60. The summed E-state index contributed by atoms with van der Waals surface area (Å²) < 4.78 is 0.826. The number of rotatable bonds is 5. The van der Waals surface area contributed by atoms with Crippen LogP contribution in [0, 0.1) is 0 Å². The van der Waals surface area contributed by atoms with Gasteiger partial charge in [-0.3, -0.25) is 4.99 Å². The maximum absolute atomic E-state index is 6.21. The van der Waals surface area contributed by atoms with E-state index >= 15 is 0 Å². The van der Waals surface area contributed by atoms with Crippen LogP contribution in [0.5, 0.6) is 0 Å². The molecule has 3 N–H and O–H groups in total. The van der Waals surface area contributed by atoms with E-state index in [0.717, 1.165) is 35.2 Å². The highest BCUT2D eigenvalue weighted by Gasteiger charge is 2.08. The molecule has 0 fully saturated rings. The summed E-state index contributed by atoms with van der Waals surface area (Å²) in [6.07, 6.45) is 2.30. The Morgan fingerprint density at radius 1 is 1.42 bits per heavy atom. The topological polar surface area (TPSA) is 48.5 Å². The molecule has 0 aliphatic rings. The molecule has 6 heteroatoms. The van der Waals surface area contributed by atoms with Gasteiger partial charge in [-0.2, -0.15) is 0 Å². The molecule has 0 aromatic heterocycles. The lowest BCUT2D eigenvalue weighted by molar-refractivity contribution is 0.834. The normalized spacial score (nSPS) is 11.3. The monoisotopic (exact) mass is 346 g/mol. The van der Waals surface area contributed by atoms with Crippen LogP contribution in [0.1, 0.15) is 19.8 Å². The van der Waals surface area contributed by atoms with Crippen molar-refractivity contribution >= 4 is 44.9 Å². The van der Waals surface area contributed by atoms with Gasteiger partial charge < -0.3 is 16.0 Å². The predicted molar refractivity (Wildman–Crippen MR) is 88.6 cm³/mol. The summed E-state index contributed by atoms with van der Waals surface area (Å²) in [6.45, 7) is 3.11. The van der Waals surface area contributed by atoms with Crippen LogP contribution in [0.25, 0.3) is 0 Å². The molecule has 0 bridgehead atoms. The molecule has 1 aromatic carbocycles. The molecule has 0 saturated heterocycles. The van der Waals surface area contributed by atoms with Crippen LogP contribution in [0.2, 0.25) is 5.02 Å². The Bertz CT molecular complexity index is 449. The van der Waals surface area contributed by atoms with Gasteiger partial charge in [0.15, 0.2) is 5.96 Å². The molecule has 4 nitrogen and oxygen atoms in total. The van der Waals surface area contributed by atoms with E-state index in [2.05, 4.69) is 43.8 Å². The van der Waals surface area contributed by atoms with Crippen LogP contribution >= 0.6 is 27.5 Å². The van der Waals surface area contributed by atoms with Gasteiger partial charge in [0.05, 0.1) is 15.2 Å². The quantitative estimate of drug-likeness (QED) is 0.430. The van der Waals surface area contributed by atoms with Crippen LogP contribution < -0.4 is 16.0 Å². The third-order valence-corrected chi connectivity index (χ3v) is 3.98. The summed E-state index contributed by atoms with van der Waals surface area (Å²) in [5, 5.41) is 10.2. The van der Waals surface area contributed by atoms with Crippen LogP contribution in [-0.2, 0) is 0 Å². The fourth-order valence-corrected chi connectivity index (χ4v) is 2.10. The van der Waals surface area contributed by atoms with Gasteiger partial charge in [0.2, 0.25) is 0 Å². The van der Waals surface area contributed by atoms with E-state index in [1.165, 1.54) is 0 Å². The zero-order valence-electron chi connectivity index (χ0n) is 11.5. The van der Waals surface area contributed by atoms with Crippen molar-refractivity contribution in [2.24, 2.45) is 4.99 Å². The number of nitrogens with zero attached hydrogens (tertiary/aromatic N) is 1. The molecule has 1 rings (SSSR count). The van der Waals surface area contributed by atoms with Crippen LogP contribution in [0.4, 0.5) is 11.4 Å². The highest BCUT2D eigenvalue weighted by Crippen LogP contribution is 2.34. The van der Waals surface area contributed by atoms with E-state index in [1.807, 2.05) is 19.2 Å². The first-order chi connectivity index (χ1) is 9.12. The summed E-state index contributed by atoms with van der Waals surface area (Å²) in [4.78, 5) is 4.09. The Balaban J connectivity index is 2.90. The summed E-state index contributed by atoms with van der Waals surface area (Å²) in [5.41, 5.74) is 1.87. The van der Waals surface area contributed by atoms with Crippen molar-refractivity contribution in [3.8, 4) is 0 Å². The molecule has 0 aliphatic heterocycles. The number of unbranched alkanes of at least 4 members (excludes halogenated alkanes) is 1. The van der Waals surface area contributed by atoms with Gasteiger partial charge in [0.1, 0.15) is 0 Å². The number of anilines is 2. The van der Waals surface area contributed by atoms with Crippen molar-refractivity contribution in [1.82, 2.24) is 5.32 Å². The Kier molecular flexibility index (Phi) is 7.02. The minimum Gasteiger partial charge on any atom is -0.385 e. The minimum absolute atomic E-state index is 0.663. The first-order valence-corrected chi connectivity index (χ1v) is 7.44. The maximum atomic E-state index is 6.21. The van der Waals surface area contributed by atoms with E-state index in [1.54, 1.807) is 7.05 Å². The number of nitrogens with one attached hydrogen (secondary N) is 3. The zero-order chi connectivity index (χ0) is 14.3. The number of aliphatic imine (C=N–C) groups is 1. The molecular weight excluding hydrogens is 328 g/mol. The fourth-order valence-electron chi connectivity index (χ4n) is 1.55. The van der Waals surface area contributed by atoms with Crippen LogP contribution in [0.15, 0.2) is 21.6 Å². The molecule has 0 saturated carbocycles. The second kappa shape index (κ2) is 8.27. The van der Waals surface area contributed by atoms with Crippen molar-refractivity contribution in [3.63, 3.8) is 0 Å². The average molecular weight is 348 g/mol. The molecule has 0 radical (unpaired) electrons. The second-order valence-electron chi connectivity index (χ2n) is 4.05. The van der Waals surface area contributed by atoms with Crippen molar-refractivity contribution in [3.05, 3.63) is 21.6 Å². The van der Waals surface area contributed by atoms with E-state index < -0.39 is 0 Å². The van der Waals surface area contributed by atoms with Gasteiger partial charge in [-0.1, -0.05) is 24.9 Å². The van der Waals surface area contributed by atoms with Gasteiger partial charge in [-0.05, 0) is 34.5 Å². The van der Waals surface area contributed by atoms with Crippen molar-refractivity contribution in [2.75, 3.05) is 31.3 Å². The molecule has 19 heavy (non-hydrogen) atoms. The smallest absolute Gasteiger partial charge is 0.195 e. The summed E-state index contributed by atoms with van der Waals surface area (Å²) in [6, 6.07) is 3.92. The lowest BCUT2D eigenvalue weighted by atomic mass is 10.2. The summed E-state index contributed by atoms with van der Waals surface area (Å²) >= 11 is 9.69. The standard InChI is InChI=1S/C13H20BrClN4/c1-4-5-6-18-9-7-10(15)12(14)11(8-9)19-13(16-2)17-3/h7-8,18H,4-6H2,1-3H3,(H2,16,17,19). The van der Waals surface area contributed by atoms with Crippen molar-refractivity contribution < 1.29 is 0 Å². The molecule has 0 spiro atoms. The van der Waals surface area contributed by atoms with Crippen molar-refractivity contribution in [1.29, 1.82) is 0 Å². The Morgan fingerprint density at radius 3 is 2.74 bits per heavy atom. The lowest BCUT2D eigenvalue weighted by Gasteiger charge is -2.14. The van der Waals surface area contributed by atoms with Crippen LogP contribution in [0.3, 0.4) is 0 Å². The largest absolute Gasteiger partial charge is 0.385 e. The summed E-state index contributed by atoms with van der Waals surface area (Å²) in [7, 11) is 3.53. The molecule has 0 unspecified atom stereocenters. The van der Waals surface area contributed by atoms with Gasteiger partial charge >= 0.3 is 0 Å². The van der Waals surface area contributed by atoms with Crippen LogP contribution in [-0.4, -0.2) is 26.6 Å². The Morgan fingerprint density at radius 2 is 2.16 bits per heavy atom. The zero-order valence-corrected chi connectivity index (χ0v) is 13.8. The Labute approximate surface area is 128 Å². The predicted octanol–water partition coefficient (Wildman–Crippen LogP) is 3.93. The first-order valence-electron chi connectivity index (χ1n) is 6.26. The van der Waals surface area contributed by atoms with E-state index in [-0.39, 0.29) is 0 Å². The number of hydrogen-bond donors (Lipinski definition) is 3. The van der Waals surface area contributed by atoms with Gasteiger partial charge in [0.25, 0.3) is 0 Å². The fraction of sp³-hybridized carbons (Fsp3) is 0.462. The van der Waals surface area contributed by atoms with E-state index in [4.69, 9.17) is 11.6 Å². The highest BCUT2D eigenvalue weighted by molar-refractivity contribution is 9.10. The van der Waals surface area contributed by atoms with Gasteiger partial charge in [0, 0.05) is 26.3 Å².